The van der Waals surface area contributed by atoms with Crippen molar-refractivity contribution in [2.75, 3.05) is 26.2 Å². The molecule has 1 aromatic carbocycles. The van der Waals surface area contributed by atoms with E-state index in [-0.39, 0.29) is 17.8 Å². The van der Waals surface area contributed by atoms with E-state index in [1.807, 2.05) is 37.8 Å². The summed E-state index contributed by atoms with van der Waals surface area (Å²) in [6.45, 7) is 9.61. The van der Waals surface area contributed by atoms with Gasteiger partial charge in [0.05, 0.1) is 15.9 Å². The Kier molecular flexibility index (Phi) is 5.77. The predicted molar refractivity (Wildman–Crippen MR) is 102 cm³/mol. The van der Waals surface area contributed by atoms with Crippen molar-refractivity contribution in [2.24, 2.45) is 0 Å². The third-order valence-corrected chi connectivity index (χ3v) is 6.11. The van der Waals surface area contributed by atoms with E-state index in [2.05, 4.69) is 25.9 Å². The molecule has 3 rings (SSSR count). The number of benzene rings is 1. The zero-order chi connectivity index (χ0) is 18.8. The van der Waals surface area contributed by atoms with Gasteiger partial charge in [-0.3, -0.25) is 14.4 Å². The second kappa shape index (κ2) is 7.88. The molecular formula is C19H24BrFN4O. The van der Waals surface area contributed by atoms with E-state index in [1.54, 1.807) is 4.68 Å². The number of piperazine rings is 1. The summed E-state index contributed by atoms with van der Waals surface area (Å²) in [5, 5.41) is 4.48. The van der Waals surface area contributed by atoms with Gasteiger partial charge in [0.2, 0.25) is 5.91 Å². The second-order valence-corrected chi connectivity index (χ2v) is 7.63. The fraction of sp³-hybridized carbons (Fsp3) is 0.474. The summed E-state index contributed by atoms with van der Waals surface area (Å²) >= 11 is 3.52. The summed E-state index contributed by atoms with van der Waals surface area (Å²) in [5.41, 5.74) is 2.96. The predicted octanol–water partition coefficient (Wildman–Crippen LogP) is 3.31. The molecule has 0 N–H and O–H groups in total. The number of amides is 1. The molecule has 2 aromatic rings. The van der Waals surface area contributed by atoms with Crippen molar-refractivity contribution in [3.63, 3.8) is 0 Å². The SMILES string of the molecule is Cc1nn(C(C)C(=O)N2CCN(Cc3ccc(F)cc3)CC2)c(C)c1Br. The molecule has 26 heavy (non-hydrogen) atoms. The Morgan fingerprint density at radius 1 is 1.19 bits per heavy atom. The van der Waals surface area contributed by atoms with Crippen LogP contribution in [0, 0.1) is 19.7 Å². The lowest BCUT2D eigenvalue weighted by Gasteiger charge is -2.36. The van der Waals surface area contributed by atoms with Crippen molar-refractivity contribution >= 4 is 21.8 Å². The lowest BCUT2D eigenvalue weighted by molar-refractivity contribution is -0.136. The molecule has 5 nitrogen and oxygen atoms in total. The molecule has 140 valence electrons. The molecule has 1 amide bonds. The normalized spacial score (nSPS) is 16.7. The largest absolute Gasteiger partial charge is 0.338 e. The quantitative estimate of drug-likeness (QED) is 0.758. The van der Waals surface area contributed by atoms with Crippen LogP contribution in [0.25, 0.3) is 0 Å². The standard InChI is InChI=1S/C19H24BrFN4O/c1-13-18(20)14(2)25(22-13)15(3)19(26)24-10-8-23(9-11-24)12-16-4-6-17(21)7-5-16/h4-7,15H,8-12H2,1-3H3. The first-order valence-corrected chi connectivity index (χ1v) is 9.63. The molecule has 1 aliphatic rings. The number of rotatable bonds is 4. The Hall–Kier alpha value is -1.73. The Labute approximate surface area is 161 Å². The van der Waals surface area contributed by atoms with Crippen LogP contribution in [0.3, 0.4) is 0 Å². The molecular weight excluding hydrogens is 399 g/mol. The molecule has 1 unspecified atom stereocenters. The van der Waals surface area contributed by atoms with Crippen molar-refractivity contribution in [1.82, 2.24) is 19.6 Å². The number of nitrogens with zero attached hydrogens (tertiary/aromatic N) is 4. The molecule has 0 saturated carbocycles. The summed E-state index contributed by atoms with van der Waals surface area (Å²) in [4.78, 5) is 17.1. The van der Waals surface area contributed by atoms with Gasteiger partial charge in [-0.1, -0.05) is 12.1 Å². The van der Waals surface area contributed by atoms with Gasteiger partial charge in [0.15, 0.2) is 0 Å². The van der Waals surface area contributed by atoms with E-state index in [9.17, 15) is 9.18 Å². The van der Waals surface area contributed by atoms with Crippen LogP contribution >= 0.6 is 15.9 Å². The highest BCUT2D eigenvalue weighted by atomic mass is 79.9. The van der Waals surface area contributed by atoms with Crippen LogP contribution in [-0.2, 0) is 11.3 Å². The highest BCUT2D eigenvalue weighted by molar-refractivity contribution is 9.10. The molecule has 1 atom stereocenters. The van der Waals surface area contributed by atoms with Crippen molar-refractivity contribution < 1.29 is 9.18 Å². The molecule has 1 aliphatic heterocycles. The van der Waals surface area contributed by atoms with E-state index < -0.39 is 0 Å². The maximum atomic E-state index is 13.0. The minimum Gasteiger partial charge on any atom is -0.338 e. The van der Waals surface area contributed by atoms with Crippen LogP contribution in [0.4, 0.5) is 4.39 Å². The van der Waals surface area contributed by atoms with Crippen LogP contribution in [-0.4, -0.2) is 51.7 Å². The minimum absolute atomic E-state index is 0.101. The van der Waals surface area contributed by atoms with Gasteiger partial charge in [-0.25, -0.2) is 4.39 Å². The van der Waals surface area contributed by atoms with Gasteiger partial charge < -0.3 is 4.90 Å². The van der Waals surface area contributed by atoms with Crippen LogP contribution in [0.1, 0.15) is 29.9 Å². The number of aryl methyl sites for hydroxylation is 1. The lowest BCUT2D eigenvalue weighted by Crippen LogP contribution is -2.50. The zero-order valence-corrected chi connectivity index (χ0v) is 17.0. The molecule has 0 radical (unpaired) electrons. The van der Waals surface area contributed by atoms with Crippen LogP contribution < -0.4 is 0 Å². The Morgan fingerprint density at radius 3 is 2.35 bits per heavy atom. The highest BCUT2D eigenvalue weighted by Gasteiger charge is 2.27. The van der Waals surface area contributed by atoms with Crippen LogP contribution in [0.2, 0.25) is 0 Å². The van der Waals surface area contributed by atoms with E-state index >= 15 is 0 Å². The molecule has 0 aliphatic carbocycles. The number of carbonyl (C=O) groups is 1. The van der Waals surface area contributed by atoms with Crippen molar-refractivity contribution in [3.05, 3.63) is 51.5 Å². The van der Waals surface area contributed by atoms with Gasteiger partial charge in [0.25, 0.3) is 0 Å². The monoisotopic (exact) mass is 422 g/mol. The third kappa shape index (κ3) is 3.99. The summed E-state index contributed by atoms with van der Waals surface area (Å²) < 4.78 is 15.8. The Balaban J connectivity index is 1.57. The Bertz CT molecular complexity index is 782. The highest BCUT2D eigenvalue weighted by Crippen LogP contribution is 2.24. The first-order chi connectivity index (χ1) is 12.4. The molecule has 0 spiro atoms. The van der Waals surface area contributed by atoms with Gasteiger partial charge in [-0.15, -0.1) is 0 Å². The number of hydrogen-bond donors (Lipinski definition) is 0. The maximum Gasteiger partial charge on any atom is 0.247 e. The van der Waals surface area contributed by atoms with Gasteiger partial charge in [-0.05, 0) is 54.4 Å². The summed E-state index contributed by atoms with van der Waals surface area (Å²) in [6.07, 6.45) is 0. The van der Waals surface area contributed by atoms with Crippen molar-refractivity contribution in [1.29, 1.82) is 0 Å². The smallest absolute Gasteiger partial charge is 0.247 e. The van der Waals surface area contributed by atoms with Gasteiger partial charge >= 0.3 is 0 Å². The zero-order valence-electron chi connectivity index (χ0n) is 15.4. The summed E-state index contributed by atoms with van der Waals surface area (Å²) in [7, 11) is 0. The van der Waals surface area contributed by atoms with Crippen molar-refractivity contribution in [2.45, 2.75) is 33.4 Å². The molecule has 2 heterocycles. The van der Waals surface area contributed by atoms with Gasteiger partial charge in [0.1, 0.15) is 11.9 Å². The number of carbonyl (C=O) groups excluding carboxylic acids is 1. The molecule has 0 bridgehead atoms. The van der Waals surface area contributed by atoms with E-state index in [0.717, 1.165) is 41.1 Å². The first kappa shape index (κ1) is 19.0. The van der Waals surface area contributed by atoms with Crippen LogP contribution in [0.15, 0.2) is 28.7 Å². The van der Waals surface area contributed by atoms with Gasteiger partial charge in [-0.2, -0.15) is 5.10 Å². The minimum atomic E-state index is -0.316. The van der Waals surface area contributed by atoms with E-state index in [0.29, 0.717) is 13.1 Å². The molecule has 7 heteroatoms. The average Bonchev–Trinajstić information content (AvgIpc) is 2.90. The maximum absolute atomic E-state index is 13.0. The fourth-order valence-corrected chi connectivity index (χ4v) is 3.62. The third-order valence-electron chi connectivity index (χ3n) is 4.96. The number of hydrogen-bond acceptors (Lipinski definition) is 3. The number of aromatic nitrogens is 2. The lowest BCUT2D eigenvalue weighted by atomic mass is 10.2. The van der Waals surface area contributed by atoms with E-state index in [1.165, 1.54) is 12.1 Å². The summed E-state index contributed by atoms with van der Waals surface area (Å²) in [6, 6.07) is 6.29. The molecule has 1 fully saturated rings. The molecule has 1 aromatic heterocycles. The topological polar surface area (TPSA) is 41.4 Å². The first-order valence-electron chi connectivity index (χ1n) is 8.83. The fourth-order valence-electron chi connectivity index (χ4n) is 3.36. The van der Waals surface area contributed by atoms with Crippen molar-refractivity contribution in [3.8, 4) is 0 Å². The van der Waals surface area contributed by atoms with E-state index in [4.69, 9.17) is 0 Å². The number of halogens is 2. The van der Waals surface area contributed by atoms with Crippen LogP contribution in [0.5, 0.6) is 0 Å². The Morgan fingerprint density at radius 2 is 1.81 bits per heavy atom. The van der Waals surface area contributed by atoms with Gasteiger partial charge in [0, 0.05) is 32.7 Å². The molecule has 1 saturated heterocycles. The average molecular weight is 423 g/mol. The summed E-state index contributed by atoms with van der Waals surface area (Å²) in [5.74, 6) is -0.113. The second-order valence-electron chi connectivity index (χ2n) is 6.83.